The van der Waals surface area contributed by atoms with Crippen molar-refractivity contribution < 1.29 is 13.5 Å². The van der Waals surface area contributed by atoms with Crippen LogP contribution < -0.4 is 5.32 Å². The summed E-state index contributed by atoms with van der Waals surface area (Å²) in [4.78, 5) is 0. The lowest BCUT2D eigenvalue weighted by molar-refractivity contribution is 0.0770. The van der Waals surface area contributed by atoms with Gasteiger partial charge < -0.3 is 14.5 Å². The first-order valence-corrected chi connectivity index (χ1v) is 7.80. The first kappa shape index (κ1) is 17.0. The van der Waals surface area contributed by atoms with Gasteiger partial charge in [0.1, 0.15) is 17.3 Å². The summed E-state index contributed by atoms with van der Waals surface area (Å²) in [6, 6.07) is 8.33. The molecule has 0 fully saturated rings. The average Bonchev–Trinajstić information content (AvgIpc) is 2.94. The van der Waals surface area contributed by atoms with Gasteiger partial charge in [-0.3, -0.25) is 0 Å². The Morgan fingerprint density at radius 2 is 2.09 bits per heavy atom. The van der Waals surface area contributed by atoms with Crippen molar-refractivity contribution in [3.8, 4) is 11.3 Å². The topological polar surface area (TPSA) is 34.4 Å². The first-order chi connectivity index (χ1) is 10.6. The molecule has 5 heteroatoms. The maximum absolute atomic E-state index is 13.2. The standard InChI is InChI=1S/C17H21ClFNO2/c1-12(2)21-9-3-8-20-11-14-5-7-17(22-14)13-4-6-16(19)15(18)10-13/h4-7,10,12,20H,3,8-9,11H2,1-2H3. The van der Waals surface area contributed by atoms with E-state index in [2.05, 4.69) is 5.32 Å². The molecular formula is C17H21ClFNO2. The Bertz CT molecular complexity index is 598. The van der Waals surface area contributed by atoms with Gasteiger partial charge in [0.15, 0.2) is 0 Å². The molecule has 0 bridgehead atoms. The lowest BCUT2D eigenvalue weighted by atomic mass is 10.2. The van der Waals surface area contributed by atoms with Crippen LogP contribution in [0.25, 0.3) is 11.3 Å². The number of benzene rings is 1. The number of ether oxygens (including phenoxy) is 1. The highest BCUT2D eigenvalue weighted by atomic mass is 35.5. The summed E-state index contributed by atoms with van der Waals surface area (Å²) in [5, 5.41) is 3.40. The molecule has 2 aromatic rings. The van der Waals surface area contributed by atoms with E-state index in [0.717, 1.165) is 30.9 Å². The van der Waals surface area contributed by atoms with Crippen LogP contribution in [0, 0.1) is 5.82 Å². The van der Waals surface area contributed by atoms with Crippen LogP contribution in [-0.4, -0.2) is 19.3 Å². The third-order valence-electron chi connectivity index (χ3n) is 3.11. The lowest BCUT2D eigenvalue weighted by Crippen LogP contribution is -2.17. The molecule has 1 heterocycles. The average molecular weight is 326 g/mol. The van der Waals surface area contributed by atoms with Crippen molar-refractivity contribution in [2.24, 2.45) is 0 Å². The Labute approximate surface area is 135 Å². The predicted octanol–water partition coefficient (Wildman–Crippen LogP) is 4.64. The highest BCUT2D eigenvalue weighted by molar-refractivity contribution is 6.31. The quantitative estimate of drug-likeness (QED) is 0.718. The van der Waals surface area contributed by atoms with Crippen LogP contribution in [0.3, 0.4) is 0 Å². The molecule has 0 amide bonds. The fourth-order valence-corrected chi connectivity index (χ4v) is 2.19. The summed E-state index contributed by atoms with van der Waals surface area (Å²) in [5.41, 5.74) is 0.767. The van der Waals surface area contributed by atoms with Crippen LogP contribution in [0.2, 0.25) is 5.02 Å². The zero-order valence-corrected chi connectivity index (χ0v) is 13.6. The van der Waals surface area contributed by atoms with Gasteiger partial charge in [0.05, 0.1) is 17.7 Å². The molecule has 0 aliphatic heterocycles. The number of halogens is 2. The molecule has 0 atom stereocenters. The molecule has 2 rings (SSSR count). The molecule has 22 heavy (non-hydrogen) atoms. The Balaban J connectivity index is 1.80. The normalized spacial score (nSPS) is 11.3. The molecule has 3 nitrogen and oxygen atoms in total. The van der Waals surface area contributed by atoms with Gasteiger partial charge in [-0.15, -0.1) is 0 Å². The van der Waals surface area contributed by atoms with E-state index < -0.39 is 5.82 Å². The van der Waals surface area contributed by atoms with Crippen molar-refractivity contribution in [1.82, 2.24) is 5.32 Å². The van der Waals surface area contributed by atoms with Crippen LogP contribution in [0.1, 0.15) is 26.0 Å². The van der Waals surface area contributed by atoms with Crippen molar-refractivity contribution in [3.63, 3.8) is 0 Å². The summed E-state index contributed by atoms with van der Waals surface area (Å²) >= 11 is 5.78. The number of nitrogens with one attached hydrogen (secondary N) is 1. The van der Waals surface area contributed by atoms with E-state index in [-0.39, 0.29) is 11.1 Å². The summed E-state index contributed by atoms with van der Waals surface area (Å²) in [5.74, 6) is 1.09. The minimum absolute atomic E-state index is 0.0960. The second-order valence-corrected chi connectivity index (χ2v) is 5.75. The van der Waals surface area contributed by atoms with Crippen molar-refractivity contribution in [2.75, 3.05) is 13.2 Å². The zero-order chi connectivity index (χ0) is 15.9. The minimum Gasteiger partial charge on any atom is -0.460 e. The highest BCUT2D eigenvalue weighted by Crippen LogP contribution is 2.26. The van der Waals surface area contributed by atoms with Crippen molar-refractivity contribution in [3.05, 3.63) is 46.9 Å². The molecule has 1 N–H and O–H groups in total. The maximum Gasteiger partial charge on any atom is 0.141 e. The van der Waals surface area contributed by atoms with Gasteiger partial charge in [0.2, 0.25) is 0 Å². The van der Waals surface area contributed by atoms with Crippen LogP contribution >= 0.6 is 11.6 Å². The summed E-state index contributed by atoms with van der Waals surface area (Å²) in [6.07, 6.45) is 1.23. The predicted molar refractivity (Wildman–Crippen MR) is 86.5 cm³/mol. The molecule has 0 radical (unpaired) electrons. The monoisotopic (exact) mass is 325 g/mol. The summed E-state index contributed by atoms with van der Waals surface area (Å²) in [7, 11) is 0. The van der Waals surface area contributed by atoms with E-state index in [1.54, 1.807) is 12.1 Å². The van der Waals surface area contributed by atoms with Crippen LogP contribution in [-0.2, 0) is 11.3 Å². The molecule has 0 spiro atoms. The largest absolute Gasteiger partial charge is 0.460 e. The van der Waals surface area contributed by atoms with Gasteiger partial charge in [-0.05, 0) is 57.1 Å². The van der Waals surface area contributed by atoms with Gasteiger partial charge in [-0.1, -0.05) is 11.6 Å². The highest BCUT2D eigenvalue weighted by Gasteiger charge is 2.07. The van der Waals surface area contributed by atoms with Gasteiger partial charge in [0, 0.05) is 12.2 Å². The number of rotatable bonds is 8. The Morgan fingerprint density at radius 1 is 1.27 bits per heavy atom. The molecule has 1 aromatic heterocycles. The van der Waals surface area contributed by atoms with E-state index in [1.165, 1.54) is 6.07 Å². The molecule has 0 saturated carbocycles. The molecule has 0 unspecified atom stereocenters. The first-order valence-electron chi connectivity index (χ1n) is 7.42. The SMILES string of the molecule is CC(C)OCCCNCc1ccc(-c2ccc(F)c(Cl)c2)o1. The molecule has 0 aliphatic carbocycles. The molecule has 0 aliphatic rings. The Kier molecular flexibility index (Phi) is 6.43. The fourth-order valence-electron chi connectivity index (χ4n) is 2.01. The minimum atomic E-state index is -0.428. The zero-order valence-electron chi connectivity index (χ0n) is 12.9. The Hall–Kier alpha value is -1.36. The maximum atomic E-state index is 13.2. The van der Waals surface area contributed by atoms with Crippen molar-refractivity contribution in [2.45, 2.75) is 32.9 Å². The Morgan fingerprint density at radius 3 is 2.82 bits per heavy atom. The second kappa shape index (κ2) is 8.32. The molecule has 0 saturated heterocycles. The van der Waals surface area contributed by atoms with Gasteiger partial charge in [0.25, 0.3) is 0 Å². The van der Waals surface area contributed by atoms with Gasteiger partial charge >= 0.3 is 0 Å². The number of hydrogen-bond acceptors (Lipinski definition) is 3. The van der Waals surface area contributed by atoms with Crippen LogP contribution in [0.15, 0.2) is 34.7 Å². The van der Waals surface area contributed by atoms with Crippen LogP contribution in [0.4, 0.5) is 4.39 Å². The summed E-state index contributed by atoms with van der Waals surface area (Å²) < 4.78 is 24.4. The lowest BCUT2D eigenvalue weighted by Gasteiger charge is -2.07. The molecule has 1 aromatic carbocycles. The van der Waals surface area contributed by atoms with E-state index in [0.29, 0.717) is 12.3 Å². The van der Waals surface area contributed by atoms with Crippen molar-refractivity contribution >= 4 is 11.6 Å². The third kappa shape index (κ3) is 5.13. The third-order valence-corrected chi connectivity index (χ3v) is 3.40. The van der Waals surface area contributed by atoms with Gasteiger partial charge in [-0.2, -0.15) is 0 Å². The number of furan rings is 1. The summed E-state index contributed by atoms with van der Waals surface area (Å²) in [6.45, 7) is 6.32. The molecule has 120 valence electrons. The second-order valence-electron chi connectivity index (χ2n) is 5.34. The van der Waals surface area contributed by atoms with Gasteiger partial charge in [-0.25, -0.2) is 4.39 Å². The fraction of sp³-hybridized carbons (Fsp3) is 0.412. The van der Waals surface area contributed by atoms with E-state index in [9.17, 15) is 4.39 Å². The van der Waals surface area contributed by atoms with Crippen molar-refractivity contribution in [1.29, 1.82) is 0 Å². The van der Waals surface area contributed by atoms with Crippen LogP contribution in [0.5, 0.6) is 0 Å². The van der Waals surface area contributed by atoms with E-state index in [1.807, 2.05) is 26.0 Å². The smallest absolute Gasteiger partial charge is 0.141 e. The van der Waals surface area contributed by atoms with E-state index in [4.69, 9.17) is 20.8 Å². The van der Waals surface area contributed by atoms with E-state index >= 15 is 0 Å². The number of hydrogen-bond donors (Lipinski definition) is 1. The molecular weight excluding hydrogens is 305 g/mol.